The van der Waals surface area contributed by atoms with Gasteiger partial charge in [0.15, 0.2) is 0 Å². The van der Waals surface area contributed by atoms with Crippen LogP contribution in [-0.2, 0) is 6.54 Å². The molecule has 2 aromatic rings. The molecule has 0 spiro atoms. The lowest BCUT2D eigenvalue weighted by Crippen LogP contribution is -2.21. The standard InChI is InChI=1S/C14H15ClFNS/c1-9(2)17-8-11-4-6-14(18-11)10-3-5-13(16)12(15)7-10/h3-7,9,17H,8H2,1-2H3. The van der Waals surface area contributed by atoms with Gasteiger partial charge in [-0.05, 0) is 29.8 Å². The maximum atomic E-state index is 13.1. The van der Waals surface area contributed by atoms with Crippen molar-refractivity contribution in [3.63, 3.8) is 0 Å². The number of thiophene rings is 1. The van der Waals surface area contributed by atoms with Crippen molar-refractivity contribution in [2.45, 2.75) is 26.4 Å². The monoisotopic (exact) mass is 283 g/mol. The molecule has 4 heteroatoms. The highest BCUT2D eigenvalue weighted by molar-refractivity contribution is 7.15. The number of rotatable bonds is 4. The summed E-state index contributed by atoms with van der Waals surface area (Å²) in [7, 11) is 0. The Hall–Kier alpha value is -0.900. The minimum atomic E-state index is -0.376. The van der Waals surface area contributed by atoms with E-state index in [2.05, 4.69) is 25.2 Å². The third kappa shape index (κ3) is 3.31. The van der Waals surface area contributed by atoms with Gasteiger partial charge in [-0.1, -0.05) is 31.5 Å². The SMILES string of the molecule is CC(C)NCc1ccc(-c2ccc(F)c(Cl)c2)s1. The molecular weight excluding hydrogens is 269 g/mol. The molecule has 18 heavy (non-hydrogen) atoms. The van der Waals surface area contributed by atoms with Gasteiger partial charge in [0.05, 0.1) is 5.02 Å². The van der Waals surface area contributed by atoms with E-state index < -0.39 is 0 Å². The molecule has 0 radical (unpaired) electrons. The second kappa shape index (κ2) is 5.83. The van der Waals surface area contributed by atoms with E-state index in [1.54, 1.807) is 23.5 Å². The Kier molecular flexibility index (Phi) is 4.38. The van der Waals surface area contributed by atoms with Crippen molar-refractivity contribution >= 4 is 22.9 Å². The summed E-state index contributed by atoms with van der Waals surface area (Å²) in [6, 6.07) is 9.44. The van der Waals surface area contributed by atoms with E-state index in [0.717, 1.165) is 17.0 Å². The van der Waals surface area contributed by atoms with E-state index in [0.29, 0.717) is 6.04 Å². The summed E-state index contributed by atoms with van der Waals surface area (Å²) >= 11 is 7.49. The maximum Gasteiger partial charge on any atom is 0.141 e. The molecule has 1 nitrogen and oxygen atoms in total. The molecular formula is C14H15ClFNS. The fraction of sp³-hybridized carbons (Fsp3) is 0.286. The zero-order chi connectivity index (χ0) is 13.1. The van der Waals surface area contributed by atoms with Crippen molar-refractivity contribution in [2.75, 3.05) is 0 Å². The van der Waals surface area contributed by atoms with Crippen molar-refractivity contribution in [1.82, 2.24) is 5.32 Å². The molecule has 0 atom stereocenters. The highest BCUT2D eigenvalue weighted by Gasteiger charge is 2.06. The third-order valence-electron chi connectivity index (χ3n) is 2.55. The minimum Gasteiger partial charge on any atom is -0.310 e. The second-order valence-electron chi connectivity index (χ2n) is 4.43. The fourth-order valence-corrected chi connectivity index (χ4v) is 2.72. The number of hydrogen-bond donors (Lipinski definition) is 1. The van der Waals surface area contributed by atoms with Crippen LogP contribution in [0.1, 0.15) is 18.7 Å². The summed E-state index contributed by atoms with van der Waals surface area (Å²) in [6.45, 7) is 5.10. The topological polar surface area (TPSA) is 12.0 Å². The summed E-state index contributed by atoms with van der Waals surface area (Å²) in [5.74, 6) is -0.376. The van der Waals surface area contributed by atoms with Gasteiger partial charge in [0.1, 0.15) is 5.82 Å². The van der Waals surface area contributed by atoms with Gasteiger partial charge in [0.25, 0.3) is 0 Å². The molecule has 0 saturated heterocycles. The summed E-state index contributed by atoms with van der Waals surface area (Å²) in [4.78, 5) is 2.37. The molecule has 1 N–H and O–H groups in total. The van der Waals surface area contributed by atoms with Crippen molar-refractivity contribution in [3.05, 3.63) is 46.0 Å². The van der Waals surface area contributed by atoms with Crippen LogP contribution in [0.2, 0.25) is 5.02 Å². The second-order valence-corrected chi connectivity index (χ2v) is 6.01. The zero-order valence-corrected chi connectivity index (χ0v) is 11.9. The van der Waals surface area contributed by atoms with E-state index in [4.69, 9.17) is 11.6 Å². The summed E-state index contributed by atoms with van der Waals surface area (Å²) in [5, 5.41) is 3.54. The lowest BCUT2D eigenvalue weighted by atomic mass is 10.2. The normalized spacial score (nSPS) is 11.2. The summed E-state index contributed by atoms with van der Waals surface area (Å²) < 4.78 is 13.1. The largest absolute Gasteiger partial charge is 0.310 e. The molecule has 0 bridgehead atoms. The Morgan fingerprint density at radius 3 is 2.72 bits per heavy atom. The van der Waals surface area contributed by atoms with Crippen LogP contribution in [0.5, 0.6) is 0 Å². The lowest BCUT2D eigenvalue weighted by molar-refractivity contribution is 0.593. The summed E-state index contributed by atoms with van der Waals surface area (Å²) in [6.07, 6.45) is 0. The zero-order valence-electron chi connectivity index (χ0n) is 10.3. The van der Waals surface area contributed by atoms with Crippen LogP contribution in [0.4, 0.5) is 4.39 Å². The van der Waals surface area contributed by atoms with Crippen molar-refractivity contribution in [3.8, 4) is 10.4 Å². The van der Waals surface area contributed by atoms with Crippen LogP contribution in [0.3, 0.4) is 0 Å². The highest BCUT2D eigenvalue weighted by Crippen LogP contribution is 2.30. The van der Waals surface area contributed by atoms with Gasteiger partial charge in [-0.3, -0.25) is 0 Å². The lowest BCUT2D eigenvalue weighted by Gasteiger charge is -2.05. The molecule has 0 amide bonds. The average Bonchev–Trinajstić information content (AvgIpc) is 2.79. The Bertz CT molecular complexity index is 536. The van der Waals surface area contributed by atoms with Gasteiger partial charge in [-0.25, -0.2) is 4.39 Å². The van der Waals surface area contributed by atoms with E-state index in [1.165, 1.54) is 10.9 Å². The third-order valence-corrected chi connectivity index (χ3v) is 3.97. The molecule has 1 heterocycles. The maximum absolute atomic E-state index is 13.1. The van der Waals surface area contributed by atoms with Gasteiger partial charge in [-0.2, -0.15) is 0 Å². The van der Waals surface area contributed by atoms with Crippen molar-refractivity contribution < 1.29 is 4.39 Å². The number of halogens is 2. The van der Waals surface area contributed by atoms with Crippen LogP contribution in [-0.4, -0.2) is 6.04 Å². The predicted octanol–water partition coefficient (Wildman–Crippen LogP) is 4.71. The van der Waals surface area contributed by atoms with Crippen LogP contribution < -0.4 is 5.32 Å². The van der Waals surface area contributed by atoms with E-state index in [1.807, 2.05) is 6.07 Å². The number of nitrogens with one attached hydrogen (secondary N) is 1. The van der Waals surface area contributed by atoms with Crippen LogP contribution in [0.15, 0.2) is 30.3 Å². The molecule has 0 saturated carbocycles. The molecule has 1 aromatic heterocycles. The molecule has 0 aliphatic rings. The smallest absolute Gasteiger partial charge is 0.141 e. The van der Waals surface area contributed by atoms with E-state index in [-0.39, 0.29) is 10.8 Å². The highest BCUT2D eigenvalue weighted by atomic mass is 35.5. The molecule has 0 aliphatic carbocycles. The van der Waals surface area contributed by atoms with Gasteiger partial charge in [0.2, 0.25) is 0 Å². The first kappa shape index (κ1) is 13.5. The number of benzene rings is 1. The number of hydrogen-bond acceptors (Lipinski definition) is 2. The van der Waals surface area contributed by atoms with Gasteiger partial charge in [-0.15, -0.1) is 11.3 Å². The Morgan fingerprint density at radius 1 is 1.28 bits per heavy atom. The Labute approximate surface area is 116 Å². The molecule has 1 aromatic carbocycles. The average molecular weight is 284 g/mol. The first-order valence-corrected chi connectivity index (χ1v) is 7.03. The van der Waals surface area contributed by atoms with Crippen LogP contribution in [0.25, 0.3) is 10.4 Å². The first-order chi connectivity index (χ1) is 8.56. The molecule has 96 valence electrons. The predicted molar refractivity (Wildman–Crippen MR) is 76.7 cm³/mol. The molecule has 0 aliphatic heterocycles. The molecule has 0 fully saturated rings. The Balaban J connectivity index is 2.16. The van der Waals surface area contributed by atoms with Crippen LogP contribution in [0, 0.1) is 5.82 Å². The van der Waals surface area contributed by atoms with Gasteiger partial charge in [0, 0.05) is 22.3 Å². The van der Waals surface area contributed by atoms with E-state index >= 15 is 0 Å². The molecule has 2 rings (SSSR count). The van der Waals surface area contributed by atoms with Crippen molar-refractivity contribution in [1.29, 1.82) is 0 Å². The molecule has 0 unspecified atom stereocenters. The first-order valence-electron chi connectivity index (χ1n) is 5.84. The van der Waals surface area contributed by atoms with Gasteiger partial charge >= 0.3 is 0 Å². The van der Waals surface area contributed by atoms with Crippen LogP contribution >= 0.6 is 22.9 Å². The summed E-state index contributed by atoms with van der Waals surface area (Å²) in [5.41, 5.74) is 0.960. The fourth-order valence-electron chi connectivity index (χ4n) is 1.58. The quantitative estimate of drug-likeness (QED) is 0.857. The Morgan fingerprint density at radius 2 is 2.06 bits per heavy atom. The van der Waals surface area contributed by atoms with E-state index in [9.17, 15) is 4.39 Å². The minimum absolute atomic E-state index is 0.169. The van der Waals surface area contributed by atoms with Gasteiger partial charge < -0.3 is 5.32 Å². The van der Waals surface area contributed by atoms with Crippen molar-refractivity contribution in [2.24, 2.45) is 0 Å².